The van der Waals surface area contributed by atoms with E-state index >= 15 is 0 Å². The third-order valence-electron chi connectivity index (χ3n) is 10.1. The number of aromatic nitrogens is 8. The van der Waals surface area contributed by atoms with E-state index in [2.05, 4.69) is 32.7 Å². The van der Waals surface area contributed by atoms with Crippen molar-refractivity contribution in [2.24, 2.45) is 28.2 Å². The van der Waals surface area contributed by atoms with Gasteiger partial charge in [-0.15, -0.1) is 0 Å². The molecule has 7 rings (SSSR count). The fraction of sp³-hybridized carbons (Fsp3) is 0.368. The van der Waals surface area contributed by atoms with Crippen molar-refractivity contribution in [3.63, 3.8) is 0 Å². The van der Waals surface area contributed by atoms with E-state index in [1.807, 2.05) is 37.3 Å². The summed E-state index contributed by atoms with van der Waals surface area (Å²) in [6.45, 7) is 2.26. The minimum absolute atomic E-state index is 0.0569. The molecule has 6 aromatic rings. The lowest BCUT2D eigenvalue weighted by Gasteiger charge is -2.11. The highest BCUT2D eigenvalue weighted by Crippen LogP contribution is 2.34. The number of hydrogen-bond donors (Lipinski definition) is 2. The van der Waals surface area contributed by atoms with Crippen molar-refractivity contribution in [3.05, 3.63) is 119 Å². The first-order chi connectivity index (χ1) is 26.2. The Morgan fingerprint density at radius 3 is 1.80 bits per heavy atom. The van der Waals surface area contributed by atoms with Gasteiger partial charge in [0.1, 0.15) is 13.1 Å². The van der Waals surface area contributed by atoms with E-state index in [0.29, 0.717) is 23.9 Å². The fourth-order valence-electron chi connectivity index (χ4n) is 6.84. The molecule has 0 saturated heterocycles. The second kappa shape index (κ2) is 16.1. The third-order valence-corrected chi connectivity index (χ3v) is 10.5. The lowest BCUT2D eigenvalue weighted by molar-refractivity contribution is -0.121. The van der Waals surface area contributed by atoms with Crippen molar-refractivity contribution in [3.8, 4) is 0 Å². The number of rotatable bonds is 9. The number of imidazole rings is 2. The highest BCUT2D eigenvalue weighted by molar-refractivity contribution is 6.31. The van der Waals surface area contributed by atoms with Crippen LogP contribution in [0.1, 0.15) is 48.3 Å². The van der Waals surface area contributed by atoms with Gasteiger partial charge in [0.2, 0.25) is 11.8 Å². The van der Waals surface area contributed by atoms with Crippen LogP contribution in [0.4, 0.5) is 5.69 Å². The van der Waals surface area contributed by atoms with Gasteiger partial charge < -0.3 is 19.8 Å². The van der Waals surface area contributed by atoms with Gasteiger partial charge in [-0.05, 0) is 67.0 Å². The molecule has 2 N–H and O–H groups in total. The van der Waals surface area contributed by atoms with Crippen LogP contribution in [0.3, 0.4) is 0 Å². The van der Waals surface area contributed by atoms with E-state index in [9.17, 15) is 28.8 Å². The van der Waals surface area contributed by atoms with Crippen LogP contribution in [0, 0.1) is 6.92 Å². The molecule has 0 unspecified atom stereocenters. The van der Waals surface area contributed by atoms with E-state index < -0.39 is 22.5 Å². The normalized spacial score (nSPS) is 12.9. The number of nitrogens with one attached hydrogen (secondary N) is 2. The van der Waals surface area contributed by atoms with E-state index in [4.69, 9.17) is 11.6 Å². The smallest absolute Gasteiger partial charge is 0.332 e. The zero-order valence-corrected chi connectivity index (χ0v) is 32.1. The lowest BCUT2D eigenvalue weighted by Crippen LogP contribution is -2.38. The summed E-state index contributed by atoms with van der Waals surface area (Å²) in [7, 11) is 5.89. The van der Waals surface area contributed by atoms with E-state index in [1.54, 1.807) is 7.05 Å². The summed E-state index contributed by atoms with van der Waals surface area (Å²) in [6, 6.07) is 13.8. The lowest BCUT2D eigenvalue weighted by atomic mass is 9.98. The van der Waals surface area contributed by atoms with Crippen molar-refractivity contribution in [1.29, 1.82) is 0 Å². The molecule has 2 amide bonds. The first-order valence-corrected chi connectivity index (χ1v) is 18.3. The number of fused-ring (bicyclic) bond motifs is 2. The molecule has 0 radical (unpaired) electrons. The number of carbonyl (C=O) groups excluding carboxylic acids is 2. The van der Waals surface area contributed by atoms with Gasteiger partial charge in [-0.25, -0.2) is 19.6 Å². The molecule has 1 fully saturated rings. The van der Waals surface area contributed by atoms with Crippen LogP contribution in [-0.4, -0.2) is 55.7 Å². The fourth-order valence-corrected chi connectivity index (χ4v) is 7.04. The molecular formula is C38H43ClN10O6. The van der Waals surface area contributed by atoms with Crippen molar-refractivity contribution < 1.29 is 9.59 Å². The Kier molecular flexibility index (Phi) is 11.4. The van der Waals surface area contributed by atoms with Crippen LogP contribution in [0.15, 0.2) is 74.3 Å². The largest absolute Gasteiger partial charge is 0.354 e. The molecule has 2 aromatic carbocycles. The number of amides is 2. The van der Waals surface area contributed by atoms with Crippen molar-refractivity contribution in [1.82, 2.24) is 42.7 Å². The summed E-state index contributed by atoms with van der Waals surface area (Å²) in [5, 5.41) is 6.38. The first-order valence-electron chi connectivity index (χ1n) is 17.9. The van der Waals surface area contributed by atoms with Gasteiger partial charge in [-0.2, -0.15) is 0 Å². The zero-order valence-electron chi connectivity index (χ0n) is 31.3. The Morgan fingerprint density at radius 1 is 0.745 bits per heavy atom. The van der Waals surface area contributed by atoms with Crippen molar-refractivity contribution in [2.75, 3.05) is 11.9 Å². The Balaban J connectivity index is 0.000000187. The Hall–Kier alpha value is -6.03. The second-order valence-electron chi connectivity index (χ2n) is 13.8. The van der Waals surface area contributed by atoms with Crippen LogP contribution >= 0.6 is 11.6 Å². The number of aryl methyl sites for hydroxylation is 3. The van der Waals surface area contributed by atoms with E-state index in [0.717, 1.165) is 25.9 Å². The zero-order chi connectivity index (χ0) is 39.6. The van der Waals surface area contributed by atoms with Gasteiger partial charge in [0.15, 0.2) is 22.3 Å². The van der Waals surface area contributed by atoms with Gasteiger partial charge in [-0.3, -0.25) is 37.4 Å². The highest BCUT2D eigenvalue weighted by atomic mass is 35.5. The molecule has 4 aromatic heterocycles. The second-order valence-corrected chi connectivity index (χ2v) is 14.2. The summed E-state index contributed by atoms with van der Waals surface area (Å²) in [5.74, 6) is 0.122. The quantitative estimate of drug-likeness (QED) is 0.225. The molecule has 16 nitrogen and oxygen atoms in total. The highest BCUT2D eigenvalue weighted by Gasteiger charge is 2.19. The molecule has 0 bridgehead atoms. The molecule has 4 heterocycles. The maximum atomic E-state index is 12.5. The number of hydrogen-bond acceptors (Lipinski definition) is 8. The van der Waals surface area contributed by atoms with Gasteiger partial charge in [0, 0.05) is 45.4 Å². The van der Waals surface area contributed by atoms with Crippen LogP contribution in [0.5, 0.6) is 0 Å². The standard InChI is InChI=1S/C20H23N5O3.C18H20ClN5O3/c1-23-18-17(19(27)24(2)20(23)28)25(12-21-18)11-16(26)22-15-9-7-14(8-10-15)13-5-3-4-6-13;1-11-4-5-12(8-13(11)19)6-7-20-14(25)9-24-10-21-16-15(24)17(26)23(3)18(27)22(16)2/h7-10,12-13H,3-6,11H2,1-2H3,(H,22,26);4-5,8,10H,6-7,9H2,1-3H3,(H,20,25). The maximum absolute atomic E-state index is 12.5. The van der Waals surface area contributed by atoms with Gasteiger partial charge >= 0.3 is 11.4 Å². The molecule has 288 valence electrons. The Bertz CT molecular complexity index is 2660. The number of benzene rings is 2. The molecule has 1 aliphatic carbocycles. The van der Waals surface area contributed by atoms with Crippen molar-refractivity contribution >= 4 is 51.4 Å². The molecule has 1 aliphatic rings. The minimum Gasteiger partial charge on any atom is -0.354 e. The molecule has 17 heteroatoms. The summed E-state index contributed by atoms with van der Waals surface area (Å²) >= 11 is 6.10. The van der Waals surface area contributed by atoms with Gasteiger partial charge in [0.25, 0.3) is 11.1 Å². The third kappa shape index (κ3) is 8.09. The number of carbonyl (C=O) groups is 2. The van der Waals surface area contributed by atoms with Crippen molar-refractivity contribution in [2.45, 2.75) is 58.0 Å². The van der Waals surface area contributed by atoms with E-state index in [-0.39, 0.29) is 47.2 Å². The number of halogens is 1. The average Bonchev–Trinajstić information content (AvgIpc) is 3.95. The predicted molar refractivity (Wildman–Crippen MR) is 210 cm³/mol. The summed E-state index contributed by atoms with van der Waals surface area (Å²) in [5.41, 5.74) is 3.20. The van der Waals surface area contributed by atoms with Crippen LogP contribution < -0.4 is 33.1 Å². The summed E-state index contributed by atoms with van der Waals surface area (Å²) < 4.78 is 7.52. The SMILES string of the molecule is Cc1ccc(CCNC(=O)Cn2cnc3c2c(=O)n(C)c(=O)n3C)cc1Cl.Cn1c(=O)c2c(ncn2CC(=O)Nc2ccc(C3CCCC3)cc2)n(C)c1=O. The van der Waals surface area contributed by atoms with E-state index in [1.165, 1.54) is 83.3 Å². The maximum Gasteiger partial charge on any atom is 0.332 e. The molecule has 55 heavy (non-hydrogen) atoms. The predicted octanol–water partition coefficient (Wildman–Crippen LogP) is 2.48. The summed E-state index contributed by atoms with van der Waals surface area (Å²) in [4.78, 5) is 81.7. The summed E-state index contributed by atoms with van der Waals surface area (Å²) in [6.07, 6.45) is 8.49. The molecule has 0 spiro atoms. The first kappa shape index (κ1) is 38.7. The van der Waals surface area contributed by atoms with Crippen LogP contribution in [0.2, 0.25) is 5.02 Å². The average molecular weight is 771 g/mol. The van der Waals surface area contributed by atoms with Gasteiger partial charge in [-0.1, -0.05) is 48.7 Å². The molecule has 0 aliphatic heterocycles. The number of anilines is 1. The monoisotopic (exact) mass is 770 g/mol. The molecular weight excluding hydrogens is 728 g/mol. The van der Waals surface area contributed by atoms with Gasteiger partial charge in [0.05, 0.1) is 12.7 Å². The molecule has 0 atom stereocenters. The van der Waals surface area contributed by atoms with Crippen LogP contribution in [0.25, 0.3) is 22.3 Å². The molecule has 1 saturated carbocycles. The Labute approximate surface area is 319 Å². The number of nitrogens with zero attached hydrogens (tertiary/aromatic N) is 8. The van der Waals surface area contributed by atoms with Crippen LogP contribution in [-0.2, 0) is 57.3 Å². The topological polar surface area (TPSA) is 182 Å². The Morgan fingerprint density at radius 2 is 1.27 bits per heavy atom. The minimum atomic E-state index is -0.479.